The lowest BCUT2D eigenvalue weighted by atomic mass is 9.89. The third-order valence-corrected chi connectivity index (χ3v) is 6.21. The smallest absolute Gasteiger partial charge is 0.255 e. The van der Waals surface area contributed by atoms with Crippen LogP contribution < -0.4 is 10.2 Å². The van der Waals surface area contributed by atoms with Crippen LogP contribution in [0.5, 0.6) is 0 Å². The number of aryl methyl sites for hydroxylation is 3. The minimum Gasteiger partial charge on any atom is -0.348 e. The van der Waals surface area contributed by atoms with Crippen LogP contribution in [0.25, 0.3) is 0 Å². The van der Waals surface area contributed by atoms with Crippen LogP contribution in [0.4, 0.5) is 5.69 Å². The molecule has 0 aliphatic carbocycles. The predicted octanol–water partition coefficient (Wildman–Crippen LogP) is 3.81. The molecular weight excluding hydrogens is 362 g/mol. The van der Waals surface area contributed by atoms with E-state index in [-0.39, 0.29) is 11.8 Å². The summed E-state index contributed by atoms with van der Waals surface area (Å²) in [6, 6.07) is 12.1. The van der Waals surface area contributed by atoms with Gasteiger partial charge in [-0.05, 0) is 52.0 Å². The highest BCUT2D eigenvalue weighted by Crippen LogP contribution is 2.37. The van der Waals surface area contributed by atoms with Gasteiger partial charge in [0.05, 0.1) is 11.3 Å². The van der Waals surface area contributed by atoms with Crippen molar-refractivity contribution in [1.29, 1.82) is 0 Å². The number of nitrogens with zero attached hydrogens (tertiary/aromatic N) is 2. The van der Waals surface area contributed by atoms with Crippen molar-refractivity contribution >= 4 is 17.5 Å². The van der Waals surface area contributed by atoms with E-state index >= 15 is 0 Å². The summed E-state index contributed by atoms with van der Waals surface area (Å²) in [7, 11) is 0. The fourth-order valence-corrected chi connectivity index (χ4v) is 4.87. The van der Waals surface area contributed by atoms with Crippen LogP contribution in [0.3, 0.4) is 0 Å². The molecule has 4 rings (SSSR count). The van der Waals surface area contributed by atoms with Crippen molar-refractivity contribution in [2.75, 3.05) is 24.5 Å². The largest absolute Gasteiger partial charge is 0.348 e. The van der Waals surface area contributed by atoms with Gasteiger partial charge in [-0.3, -0.25) is 9.59 Å². The number of carbonyl (C=O) groups is 2. The Morgan fingerprint density at radius 1 is 1.00 bits per heavy atom. The highest BCUT2D eigenvalue weighted by molar-refractivity contribution is 6.03. The van der Waals surface area contributed by atoms with Gasteiger partial charge in [-0.25, -0.2) is 0 Å². The van der Waals surface area contributed by atoms with E-state index in [1.165, 1.54) is 0 Å². The van der Waals surface area contributed by atoms with Gasteiger partial charge in [0.1, 0.15) is 5.66 Å². The lowest BCUT2D eigenvalue weighted by molar-refractivity contribution is 0.0603. The maximum atomic E-state index is 13.1. The van der Waals surface area contributed by atoms with Gasteiger partial charge in [-0.15, -0.1) is 0 Å². The van der Waals surface area contributed by atoms with Crippen LogP contribution in [0.1, 0.15) is 57.2 Å². The van der Waals surface area contributed by atoms with Crippen molar-refractivity contribution in [1.82, 2.24) is 10.2 Å². The zero-order chi connectivity index (χ0) is 20.8. The van der Waals surface area contributed by atoms with Crippen LogP contribution >= 0.6 is 0 Å². The van der Waals surface area contributed by atoms with Gasteiger partial charge in [0, 0.05) is 38.0 Å². The first-order chi connectivity index (χ1) is 13.8. The molecular formula is C24H29N3O2. The Hall–Kier alpha value is -2.82. The Bertz CT molecular complexity index is 954. The molecule has 1 N–H and O–H groups in total. The molecule has 5 heteroatoms. The number of anilines is 1. The number of nitrogens with one attached hydrogen (secondary N) is 1. The van der Waals surface area contributed by atoms with Gasteiger partial charge >= 0.3 is 0 Å². The third-order valence-electron chi connectivity index (χ3n) is 6.21. The Morgan fingerprint density at radius 2 is 1.66 bits per heavy atom. The number of hydrogen-bond donors (Lipinski definition) is 1. The fourth-order valence-electron chi connectivity index (χ4n) is 4.87. The molecule has 152 valence electrons. The molecule has 2 aliphatic rings. The molecule has 29 heavy (non-hydrogen) atoms. The molecule has 0 unspecified atom stereocenters. The van der Waals surface area contributed by atoms with E-state index in [0.717, 1.165) is 52.9 Å². The summed E-state index contributed by atoms with van der Waals surface area (Å²) in [5.74, 6) is 0.0651. The number of likely N-dealkylation sites (tertiary alicyclic amines) is 1. The van der Waals surface area contributed by atoms with Gasteiger partial charge in [-0.2, -0.15) is 0 Å². The van der Waals surface area contributed by atoms with Gasteiger partial charge < -0.3 is 15.1 Å². The minimum atomic E-state index is -0.423. The molecule has 5 nitrogen and oxygen atoms in total. The summed E-state index contributed by atoms with van der Waals surface area (Å²) in [5, 5.41) is 3.28. The quantitative estimate of drug-likeness (QED) is 0.847. The zero-order valence-electron chi connectivity index (χ0n) is 17.7. The lowest BCUT2D eigenvalue weighted by Gasteiger charge is -2.52. The van der Waals surface area contributed by atoms with Gasteiger partial charge in [0.25, 0.3) is 11.8 Å². The fraction of sp³-hybridized carbons (Fsp3) is 0.417. The lowest BCUT2D eigenvalue weighted by Crippen LogP contribution is -2.68. The Balaban J connectivity index is 1.57. The van der Waals surface area contributed by atoms with Gasteiger partial charge in [-0.1, -0.05) is 28.8 Å². The number of amides is 2. The number of rotatable bonds is 2. The highest BCUT2D eigenvalue weighted by atomic mass is 16.2. The Morgan fingerprint density at radius 3 is 2.28 bits per heavy atom. The van der Waals surface area contributed by atoms with Crippen molar-refractivity contribution in [2.45, 2.75) is 46.2 Å². The monoisotopic (exact) mass is 391 g/mol. The van der Waals surface area contributed by atoms with Crippen LogP contribution in [0.2, 0.25) is 0 Å². The highest BCUT2D eigenvalue weighted by Gasteiger charge is 2.45. The van der Waals surface area contributed by atoms with E-state index in [4.69, 9.17) is 0 Å². The van der Waals surface area contributed by atoms with Crippen LogP contribution in [0, 0.1) is 20.8 Å². The second-order valence-electron chi connectivity index (χ2n) is 8.42. The van der Waals surface area contributed by atoms with Crippen LogP contribution in [-0.2, 0) is 0 Å². The van der Waals surface area contributed by atoms with E-state index < -0.39 is 5.66 Å². The molecule has 1 saturated heterocycles. The summed E-state index contributed by atoms with van der Waals surface area (Å²) < 4.78 is 0. The molecule has 2 aromatic rings. The standard InChI is InChI=1S/C24H29N3O2/c1-5-27-21-7-6-16(2)15-20(21)22(28)25-24(27)8-10-26(11-9-24)23(29)19-13-17(3)12-18(4)14-19/h6-7,12-15H,5,8-11H2,1-4H3,(H,25,28). The van der Waals surface area contributed by atoms with Crippen LogP contribution in [0.15, 0.2) is 36.4 Å². The molecule has 0 bridgehead atoms. The maximum Gasteiger partial charge on any atom is 0.255 e. The molecule has 0 aromatic heterocycles. The molecule has 0 saturated carbocycles. The molecule has 1 fully saturated rings. The maximum absolute atomic E-state index is 13.1. The first-order valence-electron chi connectivity index (χ1n) is 10.4. The van der Waals surface area contributed by atoms with Crippen molar-refractivity contribution in [3.8, 4) is 0 Å². The van der Waals surface area contributed by atoms with E-state index in [2.05, 4.69) is 35.3 Å². The average Bonchev–Trinajstić information content (AvgIpc) is 2.68. The normalized spacial score (nSPS) is 17.9. The predicted molar refractivity (Wildman–Crippen MR) is 115 cm³/mol. The first kappa shape index (κ1) is 19.5. The molecule has 0 radical (unpaired) electrons. The minimum absolute atomic E-state index is 0.0116. The van der Waals surface area contributed by atoms with Gasteiger partial charge in [0.2, 0.25) is 0 Å². The second kappa shape index (κ2) is 7.21. The SMILES string of the molecule is CCN1c2ccc(C)cc2C(=O)NC12CCN(C(=O)c1cc(C)cc(C)c1)CC2. The first-order valence-corrected chi connectivity index (χ1v) is 10.4. The van der Waals surface area contributed by atoms with E-state index in [1.807, 2.05) is 43.9 Å². The Labute approximate surface area is 172 Å². The number of carbonyl (C=O) groups excluding carboxylic acids is 2. The zero-order valence-corrected chi connectivity index (χ0v) is 17.7. The molecule has 0 atom stereocenters. The Kier molecular flexibility index (Phi) is 4.85. The average molecular weight is 392 g/mol. The third kappa shape index (κ3) is 3.39. The van der Waals surface area contributed by atoms with Crippen molar-refractivity contribution in [3.05, 3.63) is 64.2 Å². The number of fused-ring (bicyclic) bond motifs is 1. The van der Waals surface area contributed by atoms with E-state index in [9.17, 15) is 9.59 Å². The van der Waals surface area contributed by atoms with Crippen LogP contribution in [-0.4, -0.2) is 42.0 Å². The number of hydrogen-bond acceptors (Lipinski definition) is 3. The second-order valence-corrected chi connectivity index (χ2v) is 8.42. The summed E-state index contributed by atoms with van der Waals surface area (Å²) in [6.45, 7) is 10.2. The van der Waals surface area contributed by atoms with E-state index in [1.54, 1.807) is 0 Å². The van der Waals surface area contributed by atoms with Crippen molar-refractivity contribution in [2.24, 2.45) is 0 Å². The number of benzene rings is 2. The van der Waals surface area contributed by atoms with Gasteiger partial charge in [0.15, 0.2) is 0 Å². The van der Waals surface area contributed by atoms with E-state index in [0.29, 0.717) is 13.1 Å². The summed E-state index contributed by atoms with van der Waals surface area (Å²) in [6.07, 6.45) is 1.44. The summed E-state index contributed by atoms with van der Waals surface area (Å²) in [4.78, 5) is 30.1. The summed E-state index contributed by atoms with van der Waals surface area (Å²) >= 11 is 0. The summed E-state index contributed by atoms with van der Waals surface area (Å²) in [5.41, 5.74) is 5.35. The molecule has 2 aliphatic heterocycles. The number of piperidine rings is 1. The van der Waals surface area contributed by atoms with Crippen molar-refractivity contribution in [3.63, 3.8) is 0 Å². The molecule has 1 spiro atoms. The molecule has 2 amide bonds. The molecule has 2 heterocycles. The van der Waals surface area contributed by atoms with Crippen molar-refractivity contribution < 1.29 is 9.59 Å². The molecule has 2 aromatic carbocycles. The topological polar surface area (TPSA) is 52.7 Å².